The highest BCUT2D eigenvalue weighted by Crippen LogP contribution is 2.32. The lowest BCUT2D eigenvalue weighted by atomic mass is 9.82. The number of piperazine rings is 1. The molecule has 2 aromatic rings. The zero-order chi connectivity index (χ0) is 32.0. The van der Waals surface area contributed by atoms with E-state index in [1.54, 1.807) is 0 Å². The van der Waals surface area contributed by atoms with Gasteiger partial charge in [-0.05, 0) is 74.1 Å². The van der Waals surface area contributed by atoms with Crippen molar-refractivity contribution in [3.8, 4) is 0 Å². The van der Waals surface area contributed by atoms with Crippen LogP contribution >= 0.6 is 23.5 Å². The van der Waals surface area contributed by atoms with Crippen LogP contribution in [0.3, 0.4) is 0 Å². The number of amides is 2. The molecule has 0 bridgehead atoms. The summed E-state index contributed by atoms with van der Waals surface area (Å²) in [6.07, 6.45) is 9.83. The first-order valence-corrected chi connectivity index (χ1v) is 18.5. The van der Waals surface area contributed by atoms with Gasteiger partial charge >= 0.3 is 0 Å². The molecule has 1 aliphatic carbocycles. The fraction of sp³-hybridized carbons (Fsp3) is 0.611. The number of hydrogen-bond donors (Lipinski definition) is 2. The molecular formula is C36H52ClN5O2S. The van der Waals surface area contributed by atoms with E-state index in [-0.39, 0.29) is 17.4 Å². The molecule has 2 aromatic carbocycles. The second kappa shape index (κ2) is 15.7. The molecule has 2 heterocycles. The van der Waals surface area contributed by atoms with E-state index in [0.717, 1.165) is 37.7 Å². The Hall–Kier alpha value is -2.10. The summed E-state index contributed by atoms with van der Waals surface area (Å²) in [5.41, 5.74) is 3.02. The number of benzene rings is 2. The first kappa shape index (κ1) is 34.2. The van der Waals surface area contributed by atoms with Crippen LogP contribution < -0.4 is 10.6 Å². The minimum atomic E-state index is -0.645. The number of nitrogens with zero attached hydrogens (tertiary/aromatic N) is 3. The van der Waals surface area contributed by atoms with Gasteiger partial charge < -0.3 is 10.2 Å². The molecule has 2 fully saturated rings. The Labute approximate surface area is 279 Å². The maximum Gasteiger partial charge on any atom is 0.245 e. The third-order valence-electron chi connectivity index (χ3n) is 10.2. The Balaban J connectivity index is 1.28. The van der Waals surface area contributed by atoms with Crippen LogP contribution in [-0.4, -0.2) is 89.6 Å². The van der Waals surface area contributed by atoms with E-state index >= 15 is 0 Å². The van der Waals surface area contributed by atoms with Crippen molar-refractivity contribution in [3.63, 3.8) is 0 Å². The molecule has 1 saturated heterocycles. The summed E-state index contributed by atoms with van der Waals surface area (Å²) in [7, 11) is 0. The van der Waals surface area contributed by atoms with Crippen molar-refractivity contribution in [2.45, 2.75) is 89.4 Å². The molecule has 45 heavy (non-hydrogen) atoms. The van der Waals surface area contributed by atoms with Gasteiger partial charge in [-0.3, -0.25) is 19.8 Å². The predicted molar refractivity (Wildman–Crippen MR) is 186 cm³/mol. The first-order valence-electron chi connectivity index (χ1n) is 16.9. The van der Waals surface area contributed by atoms with Crippen LogP contribution in [0.1, 0.15) is 69.6 Å². The van der Waals surface area contributed by atoms with Crippen molar-refractivity contribution >= 4 is 35.4 Å². The summed E-state index contributed by atoms with van der Waals surface area (Å²) in [5.74, 6) is 0.594. The molecule has 7 nitrogen and oxygen atoms in total. The van der Waals surface area contributed by atoms with Gasteiger partial charge in [0.2, 0.25) is 11.8 Å². The maximum atomic E-state index is 14.2. The van der Waals surface area contributed by atoms with E-state index < -0.39 is 12.1 Å². The van der Waals surface area contributed by atoms with E-state index in [1.165, 1.54) is 43.2 Å². The van der Waals surface area contributed by atoms with E-state index in [4.69, 9.17) is 11.6 Å². The van der Waals surface area contributed by atoms with Crippen LogP contribution in [0.2, 0.25) is 5.02 Å². The van der Waals surface area contributed by atoms with Crippen molar-refractivity contribution in [1.82, 2.24) is 24.7 Å². The van der Waals surface area contributed by atoms with Gasteiger partial charge in [0.05, 0.1) is 6.04 Å². The Morgan fingerprint density at radius 3 is 2.40 bits per heavy atom. The third-order valence-corrected chi connectivity index (χ3v) is 11.4. The average Bonchev–Trinajstić information content (AvgIpc) is 3.06. The lowest BCUT2D eigenvalue weighted by molar-refractivity contribution is -0.139. The van der Waals surface area contributed by atoms with Gasteiger partial charge in [-0.25, -0.2) is 4.31 Å². The number of fused-ring (bicyclic) bond motifs is 1. The minimum Gasteiger partial charge on any atom is -0.343 e. The van der Waals surface area contributed by atoms with E-state index in [2.05, 4.69) is 59.0 Å². The van der Waals surface area contributed by atoms with Crippen LogP contribution in [0.5, 0.6) is 0 Å². The van der Waals surface area contributed by atoms with Crippen LogP contribution in [0.4, 0.5) is 0 Å². The normalized spacial score (nSPS) is 22.1. The Bertz CT molecular complexity index is 1270. The summed E-state index contributed by atoms with van der Waals surface area (Å²) in [6.45, 7) is 11.7. The number of hydrogen-bond acceptors (Lipinski definition) is 6. The molecule has 0 radical (unpaired) electrons. The van der Waals surface area contributed by atoms with Gasteiger partial charge in [0, 0.05) is 62.3 Å². The Kier molecular flexibility index (Phi) is 11.9. The summed E-state index contributed by atoms with van der Waals surface area (Å²) in [6, 6.07) is 15.4. The molecule has 9 heteroatoms. The second-order valence-electron chi connectivity index (χ2n) is 13.6. The molecule has 0 spiro atoms. The van der Waals surface area contributed by atoms with E-state index in [9.17, 15) is 9.59 Å². The van der Waals surface area contributed by atoms with E-state index in [0.29, 0.717) is 37.0 Å². The average molecular weight is 654 g/mol. The monoisotopic (exact) mass is 653 g/mol. The van der Waals surface area contributed by atoms with Crippen molar-refractivity contribution in [2.75, 3.05) is 45.5 Å². The highest BCUT2D eigenvalue weighted by atomic mass is 35.5. The molecule has 3 atom stereocenters. The highest BCUT2D eigenvalue weighted by molar-refractivity contribution is 7.96. The molecule has 2 aliphatic heterocycles. The first-order chi connectivity index (χ1) is 21.7. The van der Waals surface area contributed by atoms with E-state index in [1.807, 2.05) is 53.2 Å². The molecule has 246 valence electrons. The fourth-order valence-electron chi connectivity index (χ4n) is 7.70. The summed E-state index contributed by atoms with van der Waals surface area (Å²) in [4.78, 5) is 32.7. The zero-order valence-electron chi connectivity index (χ0n) is 27.6. The van der Waals surface area contributed by atoms with Crippen LogP contribution in [0.15, 0.2) is 48.5 Å². The van der Waals surface area contributed by atoms with Crippen LogP contribution in [0, 0.1) is 5.92 Å². The number of rotatable bonds is 11. The lowest BCUT2D eigenvalue weighted by Gasteiger charge is -2.45. The number of carbonyl (C=O) groups is 2. The maximum absolute atomic E-state index is 14.2. The quantitative estimate of drug-likeness (QED) is 0.312. The smallest absolute Gasteiger partial charge is 0.245 e. The fourth-order valence-corrected chi connectivity index (χ4v) is 8.38. The largest absolute Gasteiger partial charge is 0.343 e. The Morgan fingerprint density at radius 1 is 1.04 bits per heavy atom. The Morgan fingerprint density at radius 2 is 1.73 bits per heavy atom. The standard InChI is InChI=1S/C36H52ClN5O2S/c1-5-42(45-4)25-33(27-11-7-6-8-12-27)40-19-21-41(22-20-40)35(44)32(23-26-15-17-29(37)18-16-26)38-34(43)31-24-28-13-9-10-14-30(28)36(2,3)39-31/h9-10,13-18,27,31-33,39H,5-8,11-12,19-25H2,1-4H3,(H,38,43). The van der Waals surface area contributed by atoms with Crippen molar-refractivity contribution in [2.24, 2.45) is 5.92 Å². The van der Waals surface area contributed by atoms with Gasteiger partial charge in [-0.15, -0.1) is 0 Å². The zero-order valence-corrected chi connectivity index (χ0v) is 29.1. The molecule has 3 aliphatic rings. The number of likely N-dealkylation sites (N-methyl/N-ethyl adjacent to an activating group) is 1. The van der Waals surface area contributed by atoms with Crippen molar-refractivity contribution in [1.29, 1.82) is 0 Å². The van der Waals surface area contributed by atoms with Crippen molar-refractivity contribution in [3.05, 3.63) is 70.2 Å². The predicted octanol–water partition coefficient (Wildman–Crippen LogP) is 5.51. The van der Waals surface area contributed by atoms with Gasteiger partial charge in [-0.1, -0.05) is 86.1 Å². The molecule has 5 rings (SSSR count). The minimum absolute atomic E-state index is 0.00179. The molecular weight excluding hydrogens is 602 g/mol. The summed E-state index contributed by atoms with van der Waals surface area (Å²) >= 11 is 8.01. The van der Waals surface area contributed by atoms with Gasteiger partial charge in [-0.2, -0.15) is 0 Å². The molecule has 1 saturated carbocycles. The van der Waals surface area contributed by atoms with Crippen molar-refractivity contribution < 1.29 is 9.59 Å². The molecule has 0 aromatic heterocycles. The number of nitrogens with one attached hydrogen (secondary N) is 2. The lowest BCUT2D eigenvalue weighted by Crippen LogP contribution is -2.61. The summed E-state index contributed by atoms with van der Waals surface area (Å²) < 4.78 is 2.48. The van der Waals surface area contributed by atoms with Gasteiger partial charge in [0.25, 0.3) is 0 Å². The van der Waals surface area contributed by atoms with Crippen LogP contribution in [0.25, 0.3) is 0 Å². The molecule has 2 amide bonds. The SMILES string of the molecule is CCN(CC(C1CCCCC1)N1CCN(C(=O)C(Cc2ccc(Cl)cc2)NC(=O)C2Cc3ccccc3C(C)(C)N2)CC1)SC. The topological polar surface area (TPSA) is 67.9 Å². The van der Waals surface area contributed by atoms with Gasteiger partial charge in [0.15, 0.2) is 0 Å². The highest BCUT2D eigenvalue weighted by Gasteiger charge is 2.38. The number of carbonyl (C=O) groups excluding carboxylic acids is 2. The second-order valence-corrected chi connectivity index (χ2v) is 14.9. The third kappa shape index (κ3) is 8.63. The molecule has 3 unspecified atom stereocenters. The molecule has 2 N–H and O–H groups in total. The number of halogens is 1. The van der Waals surface area contributed by atoms with Crippen LogP contribution in [-0.2, 0) is 28.0 Å². The van der Waals surface area contributed by atoms with Gasteiger partial charge in [0.1, 0.15) is 6.04 Å². The summed E-state index contributed by atoms with van der Waals surface area (Å²) in [5, 5.41) is 7.40.